The molecule has 2 heterocycles. The number of hydrogen-bond acceptors (Lipinski definition) is 3. The number of nitrogens with zero attached hydrogens (tertiary/aromatic N) is 2. The highest BCUT2D eigenvalue weighted by Gasteiger charge is 2.36. The molecule has 28 heavy (non-hydrogen) atoms. The summed E-state index contributed by atoms with van der Waals surface area (Å²) in [5.74, 6) is 0.245. The highest BCUT2D eigenvalue weighted by atomic mass is 16.2. The summed E-state index contributed by atoms with van der Waals surface area (Å²) in [6.45, 7) is 4.07. The fourth-order valence-electron chi connectivity index (χ4n) is 3.50. The van der Waals surface area contributed by atoms with Gasteiger partial charge in [-0.3, -0.25) is 9.59 Å². The molecule has 1 atom stereocenters. The highest BCUT2D eigenvalue weighted by Crippen LogP contribution is 2.38. The van der Waals surface area contributed by atoms with E-state index in [1.165, 1.54) is 5.56 Å². The van der Waals surface area contributed by atoms with Crippen LogP contribution in [0.1, 0.15) is 30.6 Å². The Balaban J connectivity index is 1.62. The molecule has 0 saturated carbocycles. The number of aryl methyl sites for hydroxylation is 2. The topological polar surface area (TPSA) is 76.0 Å². The van der Waals surface area contributed by atoms with Crippen LogP contribution in [0.15, 0.2) is 54.6 Å². The predicted molar refractivity (Wildman–Crippen MR) is 109 cm³/mol. The SMILES string of the molecule is CCc1nn2c(c1-c1ccc(C)cc1)NC(=O)C2CC(=O)Nc1ccccc1. The second-order valence-electron chi connectivity index (χ2n) is 6.96. The molecule has 2 amide bonds. The summed E-state index contributed by atoms with van der Waals surface area (Å²) < 4.78 is 1.67. The maximum Gasteiger partial charge on any atom is 0.251 e. The van der Waals surface area contributed by atoms with Gasteiger partial charge in [0.25, 0.3) is 5.91 Å². The molecule has 1 unspecified atom stereocenters. The van der Waals surface area contributed by atoms with E-state index in [4.69, 9.17) is 0 Å². The van der Waals surface area contributed by atoms with E-state index in [1.54, 1.807) is 4.68 Å². The summed E-state index contributed by atoms with van der Waals surface area (Å²) in [5, 5.41) is 10.4. The maximum absolute atomic E-state index is 12.6. The van der Waals surface area contributed by atoms with E-state index >= 15 is 0 Å². The summed E-state index contributed by atoms with van der Waals surface area (Å²) in [4.78, 5) is 25.0. The number of para-hydroxylation sites is 1. The molecule has 142 valence electrons. The van der Waals surface area contributed by atoms with Crippen LogP contribution in [0.5, 0.6) is 0 Å². The summed E-state index contributed by atoms with van der Waals surface area (Å²) in [7, 11) is 0. The molecule has 0 fully saturated rings. The number of carbonyl (C=O) groups excluding carboxylic acids is 2. The first-order valence-electron chi connectivity index (χ1n) is 9.41. The molecule has 2 N–H and O–H groups in total. The summed E-state index contributed by atoms with van der Waals surface area (Å²) in [6, 6.07) is 16.7. The zero-order chi connectivity index (χ0) is 19.7. The fourth-order valence-corrected chi connectivity index (χ4v) is 3.50. The Bertz CT molecular complexity index is 1020. The molecule has 6 nitrogen and oxygen atoms in total. The largest absolute Gasteiger partial charge is 0.326 e. The molecule has 6 heteroatoms. The molecular weight excluding hydrogens is 352 g/mol. The van der Waals surface area contributed by atoms with E-state index < -0.39 is 6.04 Å². The number of amides is 2. The predicted octanol–water partition coefficient (Wildman–Crippen LogP) is 3.94. The van der Waals surface area contributed by atoms with Crippen molar-refractivity contribution < 1.29 is 9.59 Å². The molecule has 0 radical (unpaired) electrons. The number of hydrogen-bond donors (Lipinski definition) is 2. The zero-order valence-electron chi connectivity index (χ0n) is 15.9. The van der Waals surface area contributed by atoms with Crippen LogP contribution >= 0.6 is 0 Å². The van der Waals surface area contributed by atoms with Crippen molar-refractivity contribution in [2.75, 3.05) is 10.6 Å². The van der Waals surface area contributed by atoms with E-state index in [-0.39, 0.29) is 18.2 Å². The average Bonchev–Trinajstić information content (AvgIpc) is 3.19. The first-order chi connectivity index (χ1) is 13.6. The van der Waals surface area contributed by atoms with Crippen LogP contribution in [0.4, 0.5) is 11.5 Å². The molecule has 1 aliphatic heterocycles. The molecular formula is C22H22N4O2. The standard InChI is InChI=1S/C22H22N4O2/c1-3-17-20(15-11-9-14(2)10-12-15)21-24-22(28)18(26(21)25-17)13-19(27)23-16-7-5-4-6-8-16/h4-12,18H,3,13H2,1-2H3,(H,23,27)(H,24,28). The summed E-state index contributed by atoms with van der Waals surface area (Å²) >= 11 is 0. The van der Waals surface area contributed by atoms with Gasteiger partial charge in [0.05, 0.1) is 12.1 Å². The second kappa shape index (κ2) is 7.31. The molecule has 2 aromatic carbocycles. The van der Waals surface area contributed by atoms with Crippen LogP contribution in [0.25, 0.3) is 11.1 Å². The van der Waals surface area contributed by atoms with Gasteiger partial charge in [0.15, 0.2) is 0 Å². The van der Waals surface area contributed by atoms with Crippen molar-refractivity contribution in [1.29, 1.82) is 0 Å². The lowest BCUT2D eigenvalue weighted by Crippen LogP contribution is -2.23. The van der Waals surface area contributed by atoms with Crippen molar-refractivity contribution in [3.05, 3.63) is 65.9 Å². The number of rotatable bonds is 5. The van der Waals surface area contributed by atoms with Gasteiger partial charge in [-0.2, -0.15) is 5.10 Å². The van der Waals surface area contributed by atoms with Gasteiger partial charge in [-0.1, -0.05) is 55.0 Å². The van der Waals surface area contributed by atoms with Crippen LogP contribution in [0.2, 0.25) is 0 Å². The average molecular weight is 374 g/mol. The Hall–Kier alpha value is -3.41. The van der Waals surface area contributed by atoms with E-state index in [9.17, 15) is 9.59 Å². The van der Waals surface area contributed by atoms with Gasteiger partial charge in [-0.05, 0) is 31.0 Å². The van der Waals surface area contributed by atoms with Gasteiger partial charge in [0.1, 0.15) is 11.9 Å². The third-order valence-electron chi connectivity index (χ3n) is 4.93. The summed E-state index contributed by atoms with van der Waals surface area (Å²) in [5.41, 5.74) is 4.74. The van der Waals surface area contributed by atoms with E-state index in [1.807, 2.05) is 68.4 Å². The Morgan fingerprint density at radius 1 is 1.14 bits per heavy atom. The third-order valence-corrected chi connectivity index (χ3v) is 4.93. The minimum Gasteiger partial charge on any atom is -0.326 e. The minimum absolute atomic E-state index is 0.0336. The first-order valence-corrected chi connectivity index (χ1v) is 9.41. The molecule has 0 saturated heterocycles. The van der Waals surface area contributed by atoms with Gasteiger partial charge >= 0.3 is 0 Å². The molecule has 1 aromatic heterocycles. The molecule has 0 aliphatic carbocycles. The first kappa shape index (κ1) is 18.0. The van der Waals surface area contributed by atoms with Crippen molar-refractivity contribution >= 4 is 23.3 Å². The lowest BCUT2D eigenvalue weighted by Gasteiger charge is -2.10. The van der Waals surface area contributed by atoms with Gasteiger partial charge in [0, 0.05) is 11.3 Å². The van der Waals surface area contributed by atoms with Crippen molar-refractivity contribution in [2.24, 2.45) is 0 Å². The van der Waals surface area contributed by atoms with Crippen LogP contribution in [0.3, 0.4) is 0 Å². The minimum atomic E-state index is -0.650. The smallest absolute Gasteiger partial charge is 0.251 e. The van der Waals surface area contributed by atoms with Crippen LogP contribution in [0, 0.1) is 6.92 Å². The number of fused-ring (bicyclic) bond motifs is 1. The van der Waals surface area contributed by atoms with E-state index in [2.05, 4.69) is 15.7 Å². The summed E-state index contributed by atoms with van der Waals surface area (Å²) in [6.07, 6.45) is 0.772. The van der Waals surface area contributed by atoms with Gasteiger partial charge in [0.2, 0.25) is 5.91 Å². The highest BCUT2D eigenvalue weighted by molar-refractivity contribution is 6.04. The van der Waals surface area contributed by atoms with E-state index in [0.717, 1.165) is 23.2 Å². The Morgan fingerprint density at radius 3 is 2.54 bits per heavy atom. The second-order valence-corrected chi connectivity index (χ2v) is 6.96. The van der Waals surface area contributed by atoms with Crippen molar-refractivity contribution in [3.8, 4) is 11.1 Å². The van der Waals surface area contributed by atoms with Crippen LogP contribution in [-0.2, 0) is 16.0 Å². The zero-order valence-corrected chi connectivity index (χ0v) is 15.9. The fraction of sp³-hybridized carbons (Fsp3) is 0.227. The Labute approximate surface area is 163 Å². The number of aromatic nitrogens is 2. The molecule has 0 spiro atoms. The van der Waals surface area contributed by atoms with Crippen LogP contribution < -0.4 is 10.6 Å². The number of nitrogens with one attached hydrogen (secondary N) is 2. The lowest BCUT2D eigenvalue weighted by molar-refractivity contribution is -0.123. The van der Waals surface area contributed by atoms with Crippen LogP contribution in [-0.4, -0.2) is 21.6 Å². The molecule has 1 aliphatic rings. The maximum atomic E-state index is 12.6. The monoisotopic (exact) mass is 374 g/mol. The third kappa shape index (κ3) is 3.29. The van der Waals surface area contributed by atoms with E-state index in [0.29, 0.717) is 11.5 Å². The molecule has 3 aromatic rings. The number of anilines is 2. The Morgan fingerprint density at radius 2 is 1.86 bits per heavy atom. The number of carbonyl (C=O) groups is 2. The van der Waals surface area contributed by atoms with Crippen molar-refractivity contribution in [2.45, 2.75) is 32.7 Å². The Kier molecular flexibility index (Phi) is 4.69. The molecule has 0 bridgehead atoms. The number of benzene rings is 2. The van der Waals surface area contributed by atoms with Crippen molar-refractivity contribution in [1.82, 2.24) is 9.78 Å². The normalized spacial score (nSPS) is 15.2. The van der Waals surface area contributed by atoms with Crippen molar-refractivity contribution in [3.63, 3.8) is 0 Å². The van der Waals surface area contributed by atoms with Gasteiger partial charge in [-0.25, -0.2) is 4.68 Å². The molecule has 4 rings (SSSR count). The lowest BCUT2D eigenvalue weighted by atomic mass is 10.0. The quantitative estimate of drug-likeness (QED) is 0.710. The van der Waals surface area contributed by atoms with Gasteiger partial charge in [-0.15, -0.1) is 0 Å². The van der Waals surface area contributed by atoms with Gasteiger partial charge < -0.3 is 10.6 Å².